The molecule has 0 saturated carbocycles. The highest BCUT2D eigenvalue weighted by Gasteiger charge is 2.33. The van der Waals surface area contributed by atoms with Crippen LogP contribution in [-0.4, -0.2) is 32.5 Å². The highest BCUT2D eigenvalue weighted by atomic mass is 31.2. The number of ether oxygens (including phenoxy) is 2. The summed E-state index contributed by atoms with van der Waals surface area (Å²) in [7, 11) is -1.80. The van der Waals surface area contributed by atoms with Crippen LogP contribution < -0.4 is 4.74 Å². The molecule has 3 rings (SSSR count). The zero-order chi connectivity index (χ0) is 23.8. The average molecular weight is 471 g/mol. The van der Waals surface area contributed by atoms with Crippen LogP contribution in [0, 0.1) is 0 Å². The summed E-state index contributed by atoms with van der Waals surface area (Å²) in [6, 6.07) is 20.9. The fourth-order valence-electron chi connectivity index (χ4n) is 3.63. The largest absolute Gasteiger partial charge is 0.497 e. The molecule has 0 spiro atoms. The van der Waals surface area contributed by atoms with Gasteiger partial charge < -0.3 is 18.5 Å². The van der Waals surface area contributed by atoms with Crippen molar-refractivity contribution in [3.8, 4) is 5.75 Å². The molecule has 3 aromatic rings. The lowest BCUT2D eigenvalue weighted by atomic mass is 9.97. The summed E-state index contributed by atoms with van der Waals surface area (Å²) < 4.78 is 35.2. The second-order valence-corrected chi connectivity index (χ2v) is 9.76. The third-order valence-corrected chi connectivity index (χ3v) is 7.48. The van der Waals surface area contributed by atoms with E-state index in [9.17, 15) is 9.36 Å². The first-order valence-corrected chi connectivity index (χ1v) is 12.8. The minimum atomic E-state index is -3.43. The number of methoxy groups -OCH3 is 1. The van der Waals surface area contributed by atoms with Crippen LogP contribution in [0.25, 0.3) is 10.8 Å². The smallest absolute Gasteiger partial charge is 0.334 e. The molecule has 176 valence electrons. The Labute approximate surface area is 195 Å². The van der Waals surface area contributed by atoms with Crippen molar-refractivity contribution < 1.29 is 27.9 Å². The Hall–Kier alpha value is -2.66. The van der Waals surface area contributed by atoms with Gasteiger partial charge in [0, 0.05) is 0 Å². The average Bonchev–Trinajstić information content (AvgIpc) is 2.83. The molecule has 0 aliphatic carbocycles. The highest BCUT2D eigenvalue weighted by Crippen LogP contribution is 2.51. The Morgan fingerprint density at radius 1 is 0.879 bits per heavy atom. The number of hydrogen-bond acceptors (Lipinski definition) is 6. The van der Waals surface area contributed by atoms with Crippen molar-refractivity contribution in [3.63, 3.8) is 0 Å². The van der Waals surface area contributed by atoms with Crippen LogP contribution in [0.3, 0.4) is 0 Å². The standard InChI is InChI=1S/C26H31O6P/c1-5-30-33(28,31-6-2)18-25(20-10-8-7-9-11-20)32-26(27)19(3)21-12-13-23-17-24(29-4)15-14-22(23)16-21/h7-17,19,25H,5-6,18H2,1-4H3/t19-,25+/m0/s1. The van der Waals surface area contributed by atoms with Gasteiger partial charge in [0.05, 0.1) is 32.4 Å². The van der Waals surface area contributed by atoms with Crippen LogP contribution in [0.15, 0.2) is 66.7 Å². The van der Waals surface area contributed by atoms with E-state index in [0.29, 0.717) is 0 Å². The maximum atomic E-state index is 13.2. The summed E-state index contributed by atoms with van der Waals surface area (Å²) in [5, 5.41) is 2.03. The van der Waals surface area contributed by atoms with Crippen LogP contribution in [-0.2, 0) is 23.1 Å². The van der Waals surface area contributed by atoms with Gasteiger partial charge in [0.1, 0.15) is 11.9 Å². The molecular formula is C26H31O6P. The number of carbonyl (C=O) groups excluding carboxylic acids is 1. The number of hydrogen-bond donors (Lipinski definition) is 0. The highest BCUT2D eigenvalue weighted by molar-refractivity contribution is 7.53. The van der Waals surface area contributed by atoms with Crippen molar-refractivity contribution in [3.05, 3.63) is 77.9 Å². The molecule has 3 aromatic carbocycles. The van der Waals surface area contributed by atoms with Gasteiger partial charge in [0.15, 0.2) is 0 Å². The Kier molecular flexibility index (Phi) is 8.67. The van der Waals surface area contributed by atoms with Gasteiger partial charge >= 0.3 is 13.6 Å². The Balaban J connectivity index is 1.83. The molecule has 0 unspecified atom stereocenters. The molecule has 33 heavy (non-hydrogen) atoms. The molecule has 7 heteroatoms. The van der Waals surface area contributed by atoms with Gasteiger partial charge in [-0.05, 0) is 54.8 Å². The molecule has 0 radical (unpaired) electrons. The molecule has 0 saturated heterocycles. The molecule has 0 heterocycles. The van der Waals surface area contributed by atoms with E-state index in [1.807, 2.05) is 66.7 Å². The molecule has 0 fully saturated rings. The van der Waals surface area contributed by atoms with Gasteiger partial charge in [-0.1, -0.05) is 54.6 Å². The first-order chi connectivity index (χ1) is 15.9. The van der Waals surface area contributed by atoms with E-state index < -0.39 is 25.6 Å². The summed E-state index contributed by atoms with van der Waals surface area (Å²) in [6.45, 7) is 5.80. The van der Waals surface area contributed by atoms with E-state index in [0.717, 1.165) is 27.6 Å². The van der Waals surface area contributed by atoms with Crippen molar-refractivity contribution in [1.82, 2.24) is 0 Å². The summed E-state index contributed by atoms with van der Waals surface area (Å²) in [5.41, 5.74) is 1.57. The first-order valence-electron chi connectivity index (χ1n) is 11.1. The van der Waals surface area contributed by atoms with E-state index in [-0.39, 0.29) is 19.4 Å². The number of benzene rings is 3. The van der Waals surface area contributed by atoms with Crippen LogP contribution in [0.4, 0.5) is 0 Å². The predicted molar refractivity (Wildman–Crippen MR) is 130 cm³/mol. The molecular weight excluding hydrogens is 439 g/mol. The molecule has 0 amide bonds. The number of rotatable bonds is 11. The van der Waals surface area contributed by atoms with Crippen molar-refractivity contribution in [2.45, 2.75) is 32.8 Å². The predicted octanol–water partition coefficient (Wildman–Crippen LogP) is 6.50. The second kappa shape index (κ2) is 11.5. The second-order valence-electron chi connectivity index (χ2n) is 7.66. The van der Waals surface area contributed by atoms with E-state index in [4.69, 9.17) is 18.5 Å². The first kappa shape index (κ1) is 25.0. The van der Waals surface area contributed by atoms with Gasteiger partial charge in [-0.3, -0.25) is 9.36 Å². The fourth-order valence-corrected chi connectivity index (χ4v) is 5.40. The maximum absolute atomic E-state index is 13.2. The minimum Gasteiger partial charge on any atom is -0.497 e. The lowest BCUT2D eigenvalue weighted by Gasteiger charge is -2.25. The quantitative estimate of drug-likeness (QED) is 0.235. The Bertz CT molecular complexity index is 1100. The lowest BCUT2D eigenvalue weighted by Crippen LogP contribution is -2.20. The minimum absolute atomic E-state index is 0.0470. The van der Waals surface area contributed by atoms with Crippen molar-refractivity contribution in [2.24, 2.45) is 0 Å². The van der Waals surface area contributed by atoms with Crippen LogP contribution in [0.5, 0.6) is 5.75 Å². The molecule has 0 aliphatic rings. The zero-order valence-corrected chi connectivity index (χ0v) is 20.4. The molecule has 0 N–H and O–H groups in total. The molecule has 0 bridgehead atoms. The number of fused-ring (bicyclic) bond motifs is 1. The normalized spacial score (nSPS) is 13.5. The summed E-state index contributed by atoms with van der Waals surface area (Å²) >= 11 is 0. The molecule has 0 aromatic heterocycles. The maximum Gasteiger partial charge on any atom is 0.334 e. The fraction of sp³-hybridized carbons (Fsp3) is 0.346. The van der Waals surface area contributed by atoms with Gasteiger partial charge in [0.25, 0.3) is 0 Å². The van der Waals surface area contributed by atoms with E-state index in [2.05, 4.69) is 0 Å². The van der Waals surface area contributed by atoms with Crippen molar-refractivity contribution in [1.29, 1.82) is 0 Å². The molecule has 2 atom stereocenters. The number of carbonyl (C=O) groups is 1. The summed E-state index contributed by atoms with van der Waals surface area (Å²) in [4.78, 5) is 13.2. The van der Waals surface area contributed by atoms with Gasteiger partial charge in [-0.2, -0.15) is 0 Å². The van der Waals surface area contributed by atoms with Gasteiger partial charge in [-0.25, -0.2) is 0 Å². The van der Waals surface area contributed by atoms with Crippen molar-refractivity contribution >= 4 is 24.3 Å². The van der Waals surface area contributed by atoms with Crippen LogP contribution in [0.1, 0.15) is 43.9 Å². The number of esters is 1. The van der Waals surface area contributed by atoms with Crippen LogP contribution >= 0.6 is 7.60 Å². The third-order valence-electron chi connectivity index (χ3n) is 5.40. The third kappa shape index (κ3) is 6.44. The van der Waals surface area contributed by atoms with Gasteiger partial charge in [-0.15, -0.1) is 0 Å². The zero-order valence-electron chi connectivity index (χ0n) is 19.5. The monoisotopic (exact) mass is 470 g/mol. The SMILES string of the molecule is CCOP(=O)(C[C@@H](OC(=O)[C@@H](C)c1ccc2cc(OC)ccc2c1)c1ccccc1)OCC. The van der Waals surface area contributed by atoms with Crippen molar-refractivity contribution in [2.75, 3.05) is 26.5 Å². The Morgan fingerprint density at radius 2 is 1.52 bits per heavy atom. The Morgan fingerprint density at radius 3 is 2.15 bits per heavy atom. The van der Waals surface area contributed by atoms with E-state index in [1.54, 1.807) is 27.9 Å². The lowest BCUT2D eigenvalue weighted by molar-refractivity contribution is -0.150. The summed E-state index contributed by atoms with van der Waals surface area (Å²) in [6.07, 6.45) is -0.802. The topological polar surface area (TPSA) is 71.1 Å². The van der Waals surface area contributed by atoms with Crippen LogP contribution in [0.2, 0.25) is 0 Å². The van der Waals surface area contributed by atoms with Gasteiger partial charge in [0.2, 0.25) is 0 Å². The molecule has 0 aliphatic heterocycles. The molecule has 6 nitrogen and oxygen atoms in total. The summed E-state index contributed by atoms with van der Waals surface area (Å²) in [5.74, 6) is -0.140. The van der Waals surface area contributed by atoms with E-state index in [1.165, 1.54) is 0 Å². The van der Waals surface area contributed by atoms with E-state index >= 15 is 0 Å².